The smallest absolute Gasteiger partial charge is 0.243 e. The van der Waals surface area contributed by atoms with Crippen LogP contribution in [0, 0.1) is 0 Å². The molecule has 0 saturated carbocycles. The van der Waals surface area contributed by atoms with E-state index in [1.807, 2.05) is 12.1 Å². The molecule has 0 aromatic carbocycles. The van der Waals surface area contributed by atoms with Crippen molar-refractivity contribution in [2.24, 2.45) is 0 Å². The van der Waals surface area contributed by atoms with Crippen molar-refractivity contribution < 1.29 is 9.47 Å². The standard InChI is InChI=1S/C17H23N5O2/c1-4-12-13(5-2)21-22-17(19-12)20-14-8-9-24-16(14)11-6-7-15(23-3)18-10-11/h6-7,10,14,16H,4-5,8-9H2,1-3H3,(H,19,20,22)/t14-,16+/m0/s1. The molecular formula is C17H23N5O2. The minimum atomic E-state index is -0.0806. The van der Waals surface area contributed by atoms with Crippen LogP contribution in [-0.2, 0) is 17.6 Å². The molecule has 0 spiro atoms. The minimum absolute atomic E-state index is 0.0806. The van der Waals surface area contributed by atoms with Gasteiger partial charge in [0.25, 0.3) is 0 Å². The van der Waals surface area contributed by atoms with Gasteiger partial charge in [-0.25, -0.2) is 9.97 Å². The molecule has 3 rings (SSSR count). The number of aryl methyl sites for hydroxylation is 2. The van der Waals surface area contributed by atoms with Crippen molar-refractivity contribution in [3.8, 4) is 5.88 Å². The van der Waals surface area contributed by atoms with Crippen molar-refractivity contribution in [3.63, 3.8) is 0 Å². The zero-order chi connectivity index (χ0) is 16.9. The molecule has 0 unspecified atom stereocenters. The Kier molecular flexibility index (Phi) is 5.20. The summed E-state index contributed by atoms with van der Waals surface area (Å²) >= 11 is 0. The zero-order valence-electron chi connectivity index (χ0n) is 14.3. The van der Waals surface area contributed by atoms with Crippen LogP contribution in [-0.4, -0.2) is 39.9 Å². The van der Waals surface area contributed by atoms with E-state index >= 15 is 0 Å². The van der Waals surface area contributed by atoms with Crippen LogP contribution in [0.3, 0.4) is 0 Å². The Labute approximate surface area is 141 Å². The number of hydrogen-bond donors (Lipinski definition) is 1. The Morgan fingerprint density at radius 3 is 2.71 bits per heavy atom. The first-order valence-electron chi connectivity index (χ1n) is 8.35. The predicted molar refractivity (Wildman–Crippen MR) is 90.1 cm³/mol. The summed E-state index contributed by atoms with van der Waals surface area (Å²) in [4.78, 5) is 8.86. The van der Waals surface area contributed by atoms with Crippen LogP contribution in [0.2, 0.25) is 0 Å². The summed E-state index contributed by atoms with van der Waals surface area (Å²) in [6.45, 7) is 4.84. The van der Waals surface area contributed by atoms with Gasteiger partial charge in [-0.3, -0.25) is 0 Å². The lowest BCUT2D eigenvalue weighted by atomic mass is 10.0. The number of pyridine rings is 1. The lowest BCUT2D eigenvalue weighted by Crippen LogP contribution is -2.25. The number of anilines is 1. The van der Waals surface area contributed by atoms with E-state index in [4.69, 9.17) is 9.47 Å². The summed E-state index contributed by atoms with van der Waals surface area (Å²) in [5, 5.41) is 11.9. The zero-order valence-corrected chi connectivity index (χ0v) is 14.3. The van der Waals surface area contributed by atoms with Crippen molar-refractivity contribution in [2.45, 2.75) is 45.3 Å². The maximum absolute atomic E-state index is 5.88. The number of ether oxygens (including phenoxy) is 2. The lowest BCUT2D eigenvalue weighted by Gasteiger charge is -2.20. The van der Waals surface area contributed by atoms with Gasteiger partial charge in [-0.1, -0.05) is 13.8 Å². The van der Waals surface area contributed by atoms with E-state index in [1.165, 1.54) is 0 Å². The molecule has 0 radical (unpaired) electrons. The second-order valence-electron chi connectivity index (χ2n) is 5.70. The van der Waals surface area contributed by atoms with E-state index in [2.05, 4.69) is 39.3 Å². The van der Waals surface area contributed by atoms with E-state index in [-0.39, 0.29) is 12.1 Å². The Bertz CT molecular complexity index is 677. The Hall–Kier alpha value is -2.28. The van der Waals surface area contributed by atoms with Gasteiger partial charge in [-0.2, -0.15) is 5.10 Å². The summed E-state index contributed by atoms with van der Waals surface area (Å²) in [5.41, 5.74) is 2.97. The molecule has 7 nitrogen and oxygen atoms in total. The van der Waals surface area contributed by atoms with E-state index in [0.29, 0.717) is 18.4 Å². The summed E-state index contributed by atoms with van der Waals surface area (Å²) < 4.78 is 11.0. The molecule has 0 aliphatic carbocycles. The number of aromatic nitrogens is 4. The van der Waals surface area contributed by atoms with Crippen molar-refractivity contribution in [2.75, 3.05) is 19.0 Å². The van der Waals surface area contributed by atoms with Gasteiger partial charge in [0.05, 0.1) is 24.5 Å². The fourth-order valence-corrected chi connectivity index (χ4v) is 2.91. The van der Waals surface area contributed by atoms with Gasteiger partial charge in [-0.15, -0.1) is 5.10 Å². The Balaban J connectivity index is 1.76. The summed E-state index contributed by atoms with van der Waals surface area (Å²) in [5.74, 6) is 1.16. The van der Waals surface area contributed by atoms with Crippen molar-refractivity contribution >= 4 is 5.95 Å². The monoisotopic (exact) mass is 329 g/mol. The van der Waals surface area contributed by atoms with Gasteiger partial charge in [0, 0.05) is 24.4 Å². The van der Waals surface area contributed by atoms with Crippen molar-refractivity contribution in [1.29, 1.82) is 0 Å². The third-order valence-corrected chi connectivity index (χ3v) is 4.21. The molecule has 0 amide bonds. The van der Waals surface area contributed by atoms with E-state index in [9.17, 15) is 0 Å². The molecule has 2 aromatic rings. The number of nitrogens with zero attached hydrogens (tertiary/aromatic N) is 4. The van der Waals surface area contributed by atoms with Crippen LogP contribution < -0.4 is 10.1 Å². The highest BCUT2D eigenvalue weighted by Gasteiger charge is 2.30. The molecule has 0 bridgehead atoms. The van der Waals surface area contributed by atoms with Crippen LogP contribution in [0.25, 0.3) is 0 Å². The van der Waals surface area contributed by atoms with E-state index in [0.717, 1.165) is 36.2 Å². The normalized spacial score (nSPS) is 20.1. The number of rotatable bonds is 6. The fourth-order valence-electron chi connectivity index (χ4n) is 2.91. The summed E-state index contributed by atoms with van der Waals surface area (Å²) in [6, 6.07) is 3.92. The Morgan fingerprint density at radius 1 is 1.21 bits per heavy atom. The molecule has 3 heterocycles. The average Bonchev–Trinajstić information content (AvgIpc) is 3.09. The first kappa shape index (κ1) is 16.6. The van der Waals surface area contributed by atoms with Crippen LogP contribution in [0.4, 0.5) is 5.95 Å². The Morgan fingerprint density at radius 2 is 2.04 bits per heavy atom. The first-order chi connectivity index (χ1) is 11.7. The molecule has 1 aliphatic rings. The molecule has 128 valence electrons. The highest BCUT2D eigenvalue weighted by Crippen LogP contribution is 2.31. The largest absolute Gasteiger partial charge is 0.481 e. The second kappa shape index (κ2) is 7.53. The van der Waals surface area contributed by atoms with Crippen LogP contribution in [0.5, 0.6) is 5.88 Å². The van der Waals surface area contributed by atoms with E-state index < -0.39 is 0 Å². The SMILES string of the molecule is CCc1nnc(N[C@H]2CCO[C@@H]2c2ccc(OC)nc2)nc1CC. The number of hydrogen-bond acceptors (Lipinski definition) is 7. The van der Waals surface area contributed by atoms with Gasteiger partial charge < -0.3 is 14.8 Å². The van der Waals surface area contributed by atoms with Crippen LogP contribution in [0.15, 0.2) is 18.3 Å². The second-order valence-corrected chi connectivity index (χ2v) is 5.70. The van der Waals surface area contributed by atoms with Crippen molar-refractivity contribution in [3.05, 3.63) is 35.3 Å². The topological polar surface area (TPSA) is 82.1 Å². The van der Waals surface area contributed by atoms with Crippen LogP contribution in [0.1, 0.15) is 43.3 Å². The third kappa shape index (κ3) is 3.46. The quantitative estimate of drug-likeness (QED) is 0.871. The molecule has 2 aromatic heterocycles. The molecule has 2 atom stereocenters. The highest BCUT2D eigenvalue weighted by molar-refractivity contribution is 5.31. The summed E-state index contributed by atoms with van der Waals surface area (Å²) in [7, 11) is 1.61. The molecule has 1 saturated heterocycles. The maximum Gasteiger partial charge on any atom is 0.243 e. The van der Waals surface area contributed by atoms with E-state index in [1.54, 1.807) is 13.3 Å². The minimum Gasteiger partial charge on any atom is -0.481 e. The predicted octanol–water partition coefficient (Wildman–Crippen LogP) is 2.34. The van der Waals surface area contributed by atoms with Gasteiger partial charge in [0.15, 0.2) is 0 Å². The molecule has 1 N–H and O–H groups in total. The highest BCUT2D eigenvalue weighted by atomic mass is 16.5. The number of nitrogens with one attached hydrogen (secondary N) is 1. The van der Waals surface area contributed by atoms with Crippen molar-refractivity contribution in [1.82, 2.24) is 20.2 Å². The lowest BCUT2D eigenvalue weighted by molar-refractivity contribution is 0.107. The third-order valence-electron chi connectivity index (χ3n) is 4.21. The molecular weight excluding hydrogens is 306 g/mol. The van der Waals surface area contributed by atoms with Gasteiger partial charge in [0.2, 0.25) is 11.8 Å². The average molecular weight is 329 g/mol. The van der Waals surface area contributed by atoms with Gasteiger partial charge >= 0.3 is 0 Å². The molecule has 7 heteroatoms. The van der Waals surface area contributed by atoms with Gasteiger partial charge in [0.1, 0.15) is 6.10 Å². The first-order valence-corrected chi connectivity index (χ1v) is 8.35. The molecule has 1 fully saturated rings. The number of methoxy groups -OCH3 is 1. The maximum atomic E-state index is 5.88. The fraction of sp³-hybridized carbons (Fsp3) is 0.529. The summed E-state index contributed by atoms with van der Waals surface area (Å²) in [6.07, 6.45) is 4.29. The molecule has 24 heavy (non-hydrogen) atoms. The van der Waals surface area contributed by atoms with Crippen LogP contribution >= 0.6 is 0 Å². The van der Waals surface area contributed by atoms with Gasteiger partial charge in [-0.05, 0) is 25.3 Å². The molecule has 1 aliphatic heterocycles.